The fraction of sp³-hybridized carbons (Fsp3) is 0.619. The summed E-state index contributed by atoms with van der Waals surface area (Å²) >= 11 is 0. The zero-order valence-corrected chi connectivity index (χ0v) is 18.3. The molecule has 1 unspecified atom stereocenters. The lowest BCUT2D eigenvalue weighted by Crippen LogP contribution is -2.59. The predicted octanol–water partition coefficient (Wildman–Crippen LogP) is 1.90. The van der Waals surface area contributed by atoms with Crippen molar-refractivity contribution >= 4 is 15.9 Å². The Bertz CT molecular complexity index is 901. The van der Waals surface area contributed by atoms with Gasteiger partial charge in [0.2, 0.25) is 15.9 Å². The van der Waals surface area contributed by atoms with Gasteiger partial charge >= 0.3 is 0 Å². The van der Waals surface area contributed by atoms with Gasteiger partial charge in [-0.2, -0.15) is 9.57 Å². The van der Waals surface area contributed by atoms with E-state index in [1.165, 1.54) is 10.4 Å². The van der Waals surface area contributed by atoms with Gasteiger partial charge in [0, 0.05) is 50.7 Å². The van der Waals surface area contributed by atoms with Crippen molar-refractivity contribution in [1.29, 1.82) is 5.26 Å². The Balaban J connectivity index is 1.69. The maximum atomic E-state index is 13.0. The smallest absolute Gasteiger partial charge is 0.243 e. The van der Waals surface area contributed by atoms with Crippen molar-refractivity contribution in [3.8, 4) is 6.07 Å². The van der Waals surface area contributed by atoms with Crippen molar-refractivity contribution in [2.24, 2.45) is 5.92 Å². The molecule has 0 N–H and O–H groups in total. The van der Waals surface area contributed by atoms with Gasteiger partial charge in [-0.15, -0.1) is 0 Å². The van der Waals surface area contributed by atoms with Crippen LogP contribution in [0.1, 0.15) is 39.2 Å². The Labute approximate surface area is 173 Å². The molecule has 2 fully saturated rings. The third kappa shape index (κ3) is 4.18. The zero-order valence-electron chi connectivity index (χ0n) is 17.5. The summed E-state index contributed by atoms with van der Waals surface area (Å²) in [6, 6.07) is 8.18. The van der Waals surface area contributed by atoms with Crippen LogP contribution in [-0.4, -0.2) is 73.2 Å². The molecule has 0 bridgehead atoms. The van der Waals surface area contributed by atoms with Crippen molar-refractivity contribution in [3.05, 3.63) is 29.8 Å². The molecule has 2 saturated heterocycles. The molecule has 1 atom stereocenters. The summed E-state index contributed by atoms with van der Waals surface area (Å²) in [6.45, 7) is 9.63. The molecule has 1 aromatic rings. The summed E-state index contributed by atoms with van der Waals surface area (Å²) in [5.41, 5.74) is 0.275. The van der Waals surface area contributed by atoms with Crippen LogP contribution in [0.25, 0.3) is 0 Å². The number of sulfonamides is 1. The van der Waals surface area contributed by atoms with Crippen LogP contribution >= 0.6 is 0 Å². The number of hydrogen-bond donors (Lipinski definition) is 0. The van der Waals surface area contributed by atoms with Gasteiger partial charge in [-0.05, 0) is 31.0 Å². The number of benzene rings is 1. The minimum Gasteiger partial charge on any atom is -0.341 e. The van der Waals surface area contributed by atoms with E-state index >= 15 is 0 Å². The summed E-state index contributed by atoms with van der Waals surface area (Å²) < 4.78 is 27.5. The Morgan fingerprint density at radius 3 is 2.48 bits per heavy atom. The number of nitriles is 1. The Morgan fingerprint density at radius 2 is 1.90 bits per heavy atom. The average Bonchev–Trinajstić information content (AvgIpc) is 3.19. The first-order valence-electron chi connectivity index (χ1n) is 10.3. The fourth-order valence-corrected chi connectivity index (χ4v) is 5.93. The van der Waals surface area contributed by atoms with Crippen molar-refractivity contribution in [1.82, 2.24) is 14.1 Å². The first kappa shape index (κ1) is 21.8. The second kappa shape index (κ2) is 8.42. The van der Waals surface area contributed by atoms with Crippen LogP contribution in [-0.2, 0) is 14.8 Å². The zero-order chi connectivity index (χ0) is 21.2. The largest absolute Gasteiger partial charge is 0.341 e. The highest BCUT2D eigenvalue weighted by Crippen LogP contribution is 2.33. The number of piperazine rings is 1. The van der Waals surface area contributed by atoms with Crippen molar-refractivity contribution < 1.29 is 13.2 Å². The molecular weight excluding hydrogens is 388 g/mol. The first-order valence-corrected chi connectivity index (χ1v) is 11.7. The van der Waals surface area contributed by atoms with Crippen LogP contribution < -0.4 is 0 Å². The van der Waals surface area contributed by atoms with E-state index in [-0.39, 0.29) is 22.3 Å². The topological polar surface area (TPSA) is 84.7 Å². The molecule has 2 heterocycles. The molecule has 8 heteroatoms. The molecule has 0 spiro atoms. The third-order valence-corrected chi connectivity index (χ3v) is 8.20. The summed E-state index contributed by atoms with van der Waals surface area (Å²) in [7, 11) is -3.61. The highest BCUT2D eigenvalue weighted by atomic mass is 32.2. The molecule has 2 aliphatic heterocycles. The summed E-state index contributed by atoms with van der Waals surface area (Å²) in [4.78, 5) is 16.9. The van der Waals surface area contributed by atoms with Gasteiger partial charge in [0.1, 0.15) is 0 Å². The number of likely N-dealkylation sites (tertiary alicyclic amines) is 1. The van der Waals surface area contributed by atoms with Crippen molar-refractivity contribution in [2.45, 2.75) is 44.0 Å². The van der Waals surface area contributed by atoms with E-state index in [9.17, 15) is 13.2 Å². The monoisotopic (exact) mass is 418 g/mol. The quantitative estimate of drug-likeness (QED) is 0.729. The SMILES string of the molecule is CCC1(N2CCN(S(=O)(=O)c3cccc(C#N)c3)CC2)CCN(C(=O)C(C)C)C1. The molecule has 0 aromatic heterocycles. The minimum atomic E-state index is -3.61. The Hall–Kier alpha value is -1.95. The first-order chi connectivity index (χ1) is 13.7. The lowest BCUT2D eigenvalue weighted by Gasteiger charge is -2.45. The lowest BCUT2D eigenvalue weighted by molar-refractivity contribution is -0.134. The summed E-state index contributed by atoms with van der Waals surface area (Å²) in [5, 5.41) is 9.05. The second-order valence-corrected chi connectivity index (χ2v) is 10.2. The van der Waals surface area contributed by atoms with Gasteiger partial charge in [-0.25, -0.2) is 8.42 Å². The van der Waals surface area contributed by atoms with Gasteiger partial charge in [0.25, 0.3) is 0 Å². The second-order valence-electron chi connectivity index (χ2n) is 8.27. The molecule has 0 radical (unpaired) electrons. The summed E-state index contributed by atoms with van der Waals surface area (Å²) in [5.74, 6) is 0.188. The number of carbonyl (C=O) groups is 1. The van der Waals surface area contributed by atoms with E-state index in [4.69, 9.17) is 5.26 Å². The van der Waals surface area contributed by atoms with Crippen LogP contribution in [0.2, 0.25) is 0 Å². The Kier molecular flexibility index (Phi) is 6.32. The summed E-state index contributed by atoms with van der Waals surface area (Å²) in [6.07, 6.45) is 1.87. The van der Waals surface area contributed by atoms with Crippen LogP contribution in [0.15, 0.2) is 29.2 Å². The molecule has 0 aliphatic carbocycles. The van der Waals surface area contributed by atoms with E-state index in [2.05, 4.69) is 11.8 Å². The van der Waals surface area contributed by atoms with Crippen LogP contribution in [0.5, 0.6) is 0 Å². The van der Waals surface area contributed by atoms with Crippen LogP contribution in [0, 0.1) is 17.2 Å². The number of amides is 1. The molecular formula is C21H30N4O3S. The van der Waals surface area contributed by atoms with E-state index < -0.39 is 10.0 Å². The molecule has 7 nitrogen and oxygen atoms in total. The number of hydrogen-bond acceptors (Lipinski definition) is 5. The molecule has 2 aliphatic rings. The van der Waals surface area contributed by atoms with E-state index in [0.29, 0.717) is 31.7 Å². The highest BCUT2D eigenvalue weighted by Gasteiger charge is 2.45. The normalized spacial score (nSPS) is 24.0. The standard InChI is InChI=1S/C21H30N4O3S/c1-4-21(8-9-23(16-21)20(26)17(2)3)24-10-12-25(13-11-24)29(27,28)19-7-5-6-18(14-19)15-22/h5-7,14,17H,4,8-13,16H2,1-3H3. The number of nitrogens with zero attached hydrogens (tertiary/aromatic N) is 4. The van der Waals surface area contributed by atoms with E-state index in [0.717, 1.165) is 25.9 Å². The maximum Gasteiger partial charge on any atom is 0.243 e. The minimum absolute atomic E-state index is 0.00572. The maximum absolute atomic E-state index is 13.0. The lowest BCUT2D eigenvalue weighted by atomic mass is 9.92. The predicted molar refractivity (Wildman–Crippen MR) is 111 cm³/mol. The highest BCUT2D eigenvalue weighted by molar-refractivity contribution is 7.89. The van der Waals surface area contributed by atoms with E-state index in [1.54, 1.807) is 18.2 Å². The van der Waals surface area contributed by atoms with Crippen LogP contribution in [0.3, 0.4) is 0 Å². The molecule has 1 amide bonds. The van der Waals surface area contributed by atoms with Crippen molar-refractivity contribution in [2.75, 3.05) is 39.3 Å². The average molecular weight is 419 g/mol. The molecule has 29 heavy (non-hydrogen) atoms. The Morgan fingerprint density at radius 1 is 1.21 bits per heavy atom. The van der Waals surface area contributed by atoms with Crippen molar-refractivity contribution in [3.63, 3.8) is 0 Å². The van der Waals surface area contributed by atoms with Gasteiger partial charge < -0.3 is 4.90 Å². The number of rotatable bonds is 5. The van der Waals surface area contributed by atoms with Gasteiger partial charge in [-0.1, -0.05) is 26.8 Å². The third-order valence-electron chi connectivity index (χ3n) is 6.31. The molecule has 3 rings (SSSR count). The number of carbonyl (C=O) groups excluding carboxylic acids is 1. The van der Waals surface area contributed by atoms with E-state index in [1.807, 2.05) is 24.8 Å². The van der Waals surface area contributed by atoms with Gasteiger partial charge in [-0.3, -0.25) is 9.69 Å². The molecule has 158 valence electrons. The molecule has 1 aromatic carbocycles. The van der Waals surface area contributed by atoms with Gasteiger partial charge in [0.15, 0.2) is 0 Å². The fourth-order valence-electron chi connectivity index (χ4n) is 4.46. The van der Waals surface area contributed by atoms with Gasteiger partial charge in [0.05, 0.1) is 16.5 Å². The van der Waals surface area contributed by atoms with Crippen LogP contribution in [0.4, 0.5) is 0 Å². The molecule has 0 saturated carbocycles.